The van der Waals surface area contributed by atoms with Gasteiger partial charge in [-0.2, -0.15) is 4.98 Å². The van der Waals surface area contributed by atoms with Crippen molar-refractivity contribution >= 4 is 0 Å². The van der Waals surface area contributed by atoms with Gasteiger partial charge in [-0.15, -0.1) is 0 Å². The monoisotopic (exact) mass is 338 g/mol. The fourth-order valence-corrected chi connectivity index (χ4v) is 2.79. The molecule has 0 aliphatic heterocycles. The fourth-order valence-electron chi connectivity index (χ4n) is 2.79. The predicted molar refractivity (Wildman–Crippen MR) is 89.4 cm³/mol. The SMILES string of the molecule is COc1ccc([C@H]2CC2COc2nc(C)ncc2-c2cnco2)nc1. The number of aromatic nitrogens is 4. The third kappa shape index (κ3) is 3.31. The Hall–Kier alpha value is -2.96. The number of hydrogen-bond acceptors (Lipinski definition) is 7. The van der Waals surface area contributed by atoms with Gasteiger partial charge in [-0.1, -0.05) is 0 Å². The molecule has 0 amide bonds. The molecule has 3 aromatic heterocycles. The van der Waals surface area contributed by atoms with Crippen LogP contribution in [0.1, 0.15) is 23.9 Å². The number of hydrogen-bond donors (Lipinski definition) is 0. The highest BCUT2D eigenvalue weighted by Crippen LogP contribution is 2.47. The summed E-state index contributed by atoms with van der Waals surface area (Å²) >= 11 is 0. The zero-order valence-electron chi connectivity index (χ0n) is 14.0. The highest BCUT2D eigenvalue weighted by Gasteiger charge is 2.40. The van der Waals surface area contributed by atoms with E-state index in [4.69, 9.17) is 13.9 Å². The van der Waals surface area contributed by atoms with Crippen LogP contribution < -0.4 is 9.47 Å². The summed E-state index contributed by atoms with van der Waals surface area (Å²) in [6.07, 6.45) is 7.52. The lowest BCUT2D eigenvalue weighted by atomic mass is 10.2. The molecule has 0 bridgehead atoms. The van der Waals surface area contributed by atoms with E-state index in [2.05, 4.69) is 19.9 Å². The minimum atomic E-state index is 0.419. The second-order valence-corrected chi connectivity index (χ2v) is 6.04. The number of rotatable bonds is 6. The largest absolute Gasteiger partial charge is 0.495 e. The summed E-state index contributed by atoms with van der Waals surface area (Å²) in [5.74, 6) is 3.39. The van der Waals surface area contributed by atoms with Crippen molar-refractivity contribution in [3.05, 3.63) is 48.6 Å². The standard InChI is InChI=1S/C18H18N4O3/c1-11-20-7-15(17-8-19-10-25-17)18(22-11)24-9-12-5-14(12)16-4-3-13(23-2)6-21-16/h3-4,6-8,10,12,14H,5,9H2,1-2H3/t12?,14-/m0/s1. The smallest absolute Gasteiger partial charge is 0.228 e. The van der Waals surface area contributed by atoms with E-state index in [9.17, 15) is 0 Å². The molecule has 0 spiro atoms. The van der Waals surface area contributed by atoms with Gasteiger partial charge >= 0.3 is 0 Å². The summed E-state index contributed by atoms with van der Waals surface area (Å²) in [4.78, 5) is 17.0. The van der Waals surface area contributed by atoms with Gasteiger partial charge in [-0.25, -0.2) is 9.97 Å². The normalized spacial score (nSPS) is 18.8. The Morgan fingerprint density at radius 3 is 2.84 bits per heavy atom. The average molecular weight is 338 g/mol. The van der Waals surface area contributed by atoms with Gasteiger partial charge < -0.3 is 13.9 Å². The van der Waals surface area contributed by atoms with Gasteiger partial charge in [0.1, 0.15) is 11.6 Å². The van der Waals surface area contributed by atoms with E-state index >= 15 is 0 Å². The van der Waals surface area contributed by atoms with Crippen LogP contribution in [0.15, 0.2) is 41.5 Å². The van der Waals surface area contributed by atoms with Gasteiger partial charge in [0, 0.05) is 23.7 Å². The summed E-state index contributed by atoms with van der Waals surface area (Å²) < 4.78 is 16.5. The van der Waals surface area contributed by atoms with E-state index in [-0.39, 0.29) is 0 Å². The van der Waals surface area contributed by atoms with Crippen LogP contribution in [0.5, 0.6) is 11.6 Å². The Morgan fingerprint density at radius 2 is 2.12 bits per heavy atom. The summed E-state index contributed by atoms with van der Waals surface area (Å²) in [6, 6.07) is 3.95. The Kier molecular flexibility index (Phi) is 4.05. The van der Waals surface area contributed by atoms with Crippen LogP contribution in [0.25, 0.3) is 11.3 Å². The molecule has 2 atom stereocenters. The first-order valence-corrected chi connectivity index (χ1v) is 8.10. The molecule has 7 nitrogen and oxygen atoms in total. The van der Waals surface area contributed by atoms with Crippen molar-refractivity contribution < 1.29 is 13.9 Å². The molecule has 1 unspecified atom stereocenters. The molecule has 128 valence electrons. The van der Waals surface area contributed by atoms with Crippen LogP contribution in [-0.4, -0.2) is 33.7 Å². The number of pyridine rings is 1. The predicted octanol–water partition coefficient (Wildman–Crippen LogP) is 3.03. The quantitative estimate of drug-likeness (QED) is 0.683. The van der Waals surface area contributed by atoms with Gasteiger partial charge in [-0.05, 0) is 25.5 Å². The molecule has 3 aromatic rings. The zero-order chi connectivity index (χ0) is 17.2. The number of aryl methyl sites for hydroxylation is 1. The summed E-state index contributed by atoms with van der Waals surface area (Å²) in [6.45, 7) is 2.41. The summed E-state index contributed by atoms with van der Waals surface area (Å²) in [5, 5.41) is 0. The molecule has 0 radical (unpaired) electrons. The van der Waals surface area contributed by atoms with Crippen LogP contribution in [0.3, 0.4) is 0 Å². The van der Waals surface area contributed by atoms with Crippen molar-refractivity contribution in [2.24, 2.45) is 5.92 Å². The highest BCUT2D eigenvalue weighted by atomic mass is 16.5. The molecular formula is C18H18N4O3. The van der Waals surface area contributed by atoms with Crippen LogP contribution >= 0.6 is 0 Å². The molecule has 0 aromatic carbocycles. The van der Waals surface area contributed by atoms with Crippen LogP contribution in [0.2, 0.25) is 0 Å². The van der Waals surface area contributed by atoms with Gasteiger partial charge in [0.2, 0.25) is 5.88 Å². The van der Waals surface area contributed by atoms with E-state index in [1.54, 1.807) is 25.7 Å². The fraction of sp³-hybridized carbons (Fsp3) is 0.333. The van der Waals surface area contributed by atoms with E-state index < -0.39 is 0 Å². The molecule has 25 heavy (non-hydrogen) atoms. The van der Waals surface area contributed by atoms with E-state index in [0.29, 0.717) is 41.5 Å². The molecule has 7 heteroatoms. The van der Waals surface area contributed by atoms with E-state index in [1.807, 2.05) is 19.1 Å². The first kappa shape index (κ1) is 15.6. The number of nitrogens with zero attached hydrogens (tertiary/aromatic N) is 4. The summed E-state index contributed by atoms with van der Waals surface area (Å²) in [7, 11) is 1.64. The molecule has 1 fully saturated rings. The number of ether oxygens (including phenoxy) is 2. The molecule has 1 aliphatic rings. The Morgan fingerprint density at radius 1 is 1.20 bits per heavy atom. The maximum atomic E-state index is 5.97. The summed E-state index contributed by atoms with van der Waals surface area (Å²) in [5.41, 5.74) is 1.78. The number of oxazole rings is 1. The van der Waals surface area contributed by atoms with Crippen molar-refractivity contribution in [3.63, 3.8) is 0 Å². The molecule has 3 heterocycles. The lowest BCUT2D eigenvalue weighted by Gasteiger charge is -2.09. The maximum absolute atomic E-state index is 5.97. The van der Waals surface area contributed by atoms with Gasteiger partial charge in [0.25, 0.3) is 0 Å². The third-order valence-electron chi connectivity index (χ3n) is 4.30. The lowest BCUT2D eigenvalue weighted by Crippen LogP contribution is -2.05. The Labute approximate surface area is 145 Å². The van der Waals surface area contributed by atoms with Crippen molar-refractivity contribution in [2.75, 3.05) is 13.7 Å². The number of methoxy groups -OCH3 is 1. The topological polar surface area (TPSA) is 83.2 Å². The average Bonchev–Trinajstić information content (AvgIpc) is 3.21. The first-order valence-electron chi connectivity index (χ1n) is 8.10. The van der Waals surface area contributed by atoms with Gasteiger partial charge in [0.15, 0.2) is 12.2 Å². The Balaban J connectivity index is 1.43. The van der Waals surface area contributed by atoms with Crippen LogP contribution in [0.4, 0.5) is 0 Å². The molecule has 1 aliphatic carbocycles. The van der Waals surface area contributed by atoms with Crippen molar-refractivity contribution in [1.82, 2.24) is 19.9 Å². The molecular weight excluding hydrogens is 320 g/mol. The van der Waals surface area contributed by atoms with E-state index in [1.165, 1.54) is 6.39 Å². The molecule has 4 rings (SSSR count). The van der Waals surface area contributed by atoms with Gasteiger partial charge in [0.05, 0.1) is 31.7 Å². The minimum Gasteiger partial charge on any atom is -0.495 e. The maximum Gasteiger partial charge on any atom is 0.228 e. The third-order valence-corrected chi connectivity index (χ3v) is 4.30. The molecule has 1 saturated carbocycles. The van der Waals surface area contributed by atoms with Crippen molar-refractivity contribution in [3.8, 4) is 23.0 Å². The molecule has 0 N–H and O–H groups in total. The zero-order valence-corrected chi connectivity index (χ0v) is 14.0. The molecule has 0 saturated heterocycles. The van der Waals surface area contributed by atoms with Gasteiger partial charge in [-0.3, -0.25) is 4.98 Å². The second-order valence-electron chi connectivity index (χ2n) is 6.04. The second kappa shape index (κ2) is 6.51. The van der Waals surface area contributed by atoms with Crippen LogP contribution in [0, 0.1) is 12.8 Å². The lowest BCUT2D eigenvalue weighted by molar-refractivity contribution is 0.285. The van der Waals surface area contributed by atoms with Crippen molar-refractivity contribution in [2.45, 2.75) is 19.3 Å². The minimum absolute atomic E-state index is 0.419. The van der Waals surface area contributed by atoms with Crippen molar-refractivity contribution in [1.29, 1.82) is 0 Å². The Bertz CT molecular complexity index is 849. The first-order chi connectivity index (χ1) is 12.2. The van der Waals surface area contributed by atoms with Crippen LogP contribution in [-0.2, 0) is 0 Å². The highest BCUT2D eigenvalue weighted by molar-refractivity contribution is 5.61. The van der Waals surface area contributed by atoms with E-state index in [0.717, 1.165) is 17.9 Å².